The van der Waals surface area contributed by atoms with Crippen LogP contribution in [0.5, 0.6) is 5.75 Å². The molecule has 0 aliphatic rings. The Hall–Kier alpha value is -0.730. The smallest absolute Gasteiger partial charge is 0.138 e. The van der Waals surface area contributed by atoms with Crippen molar-refractivity contribution in [1.29, 1.82) is 0 Å². The van der Waals surface area contributed by atoms with Gasteiger partial charge in [0.25, 0.3) is 0 Å². The molecule has 0 aliphatic heterocycles. The van der Waals surface area contributed by atoms with Gasteiger partial charge in [-0.1, -0.05) is 37.6 Å². The van der Waals surface area contributed by atoms with Crippen LogP contribution in [0.2, 0.25) is 5.02 Å². The number of para-hydroxylation sites is 1. The molecule has 1 atom stereocenters. The van der Waals surface area contributed by atoms with E-state index >= 15 is 0 Å². The molecule has 0 spiro atoms. The third-order valence-corrected chi connectivity index (χ3v) is 2.45. The first-order valence-corrected chi connectivity index (χ1v) is 5.13. The summed E-state index contributed by atoms with van der Waals surface area (Å²) >= 11 is 5.79. The number of hydrogen-bond acceptors (Lipinski definition) is 2. The highest BCUT2D eigenvalue weighted by atomic mass is 35.5. The normalized spacial score (nSPS) is 13.2. The lowest BCUT2D eigenvalue weighted by Crippen LogP contribution is -2.13. The van der Waals surface area contributed by atoms with Crippen LogP contribution in [0.1, 0.15) is 31.9 Å². The number of halogens is 1. The summed E-state index contributed by atoms with van der Waals surface area (Å²) < 4.78 is 0. The summed E-state index contributed by atoms with van der Waals surface area (Å²) in [7, 11) is 0. The Morgan fingerprint density at radius 3 is 2.64 bits per heavy atom. The molecule has 78 valence electrons. The molecule has 0 heterocycles. The molecule has 0 fully saturated rings. The Kier molecular flexibility index (Phi) is 3.78. The van der Waals surface area contributed by atoms with Crippen molar-refractivity contribution >= 4 is 11.6 Å². The van der Waals surface area contributed by atoms with Crippen LogP contribution < -0.4 is 5.73 Å². The van der Waals surface area contributed by atoms with E-state index in [1.165, 1.54) is 0 Å². The van der Waals surface area contributed by atoms with Crippen LogP contribution >= 0.6 is 11.6 Å². The number of rotatable bonds is 3. The molecule has 0 aliphatic carbocycles. The first-order chi connectivity index (χ1) is 6.52. The summed E-state index contributed by atoms with van der Waals surface area (Å²) in [6.07, 6.45) is 0.841. The van der Waals surface area contributed by atoms with E-state index in [9.17, 15) is 5.11 Å². The van der Waals surface area contributed by atoms with Gasteiger partial charge in [0, 0.05) is 11.6 Å². The molecule has 0 saturated heterocycles. The molecule has 0 amide bonds. The SMILES string of the molecule is CC(C)C[C@@H](N)c1cccc(Cl)c1O. The van der Waals surface area contributed by atoms with Gasteiger partial charge in [-0.2, -0.15) is 0 Å². The summed E-state index contributed by atoms with van der Waals surface area (Å²) in [6.45, 7) is 4.20. The van der Waals surface area contributed by atoms with Crippen molar-refractivity contribution in [2.45, 2.75) is 26.3 Å². The summed E-state index contributed by atoms with van der Waals surface area (Å²) in [4.78, 5) is 0. The van der Waals surface area contributed by atoms with E-state index in [-0.39, 0.29) is 11.8 Å². The standard InChI is InChI=1S/C11H16ClNO/c1-7(2)6-10(13)8-4-3-5-9(12)11(8)14/h3-5,7,10,14H,6,13H2,1-2H3/t10-/m1/s1. The zero-order valence-electron chi connectivity index (χ0n) is 8.50. The summed E-state index contributed by atoms with van der Waals surface area (Å²) in [6, 6.07) is 5.13. The van der Waals surface area contributed by atoms with Gasteiger partial charge in [0.2, 0.25) is 0 Å². The number of phenols is 1. The fourth-order valence-electron chi connectivity index (χ4n) is 1.47. The molecule has 14 heavy (non-hydrogen) atoms. The van der Waals surface area contributed by atoms with E-state index in [0.29, 0.717) is 10.9 Å². The lowest BCUT2D eigenvalue weighted by Gasteiger charge is -2.16. The highest BCUT2D eigenvalue weighted by Gasteiger charge is 2.13. The molecule has 0 radical (unpaired) electrons. The van der Waals surface area contributed by atoms with Crippen LogP contribution in [0.15, 0.2) is 18.2 Å². The van der Waals surface area contributed by atoms with Gasteiger partial charge < -0.3 is 10.8 Å². The van der Waals surface area contributed by atoms with E-state index < -0.39 is 0 Å². The van der Waals surface area contributed by atoms with Crippen LogP contribution in [0.3, 0.4) is 0 Å². The van der Waals surface area contributed by atoms with Crippen molar-refractivity contribution in [2.75, 3.05) is 0 Å². The van der Waals surface area contributed by atoms with Crippen molar-refractivity contribution < 1.29 is 5.11 Å². The summed E-state index contributed by atoms with van der Waals surface area (Å²) in [5.74, 6) is 0.616. The van der Waals surface area contributed by atoms with Crippen molar-refractivity contribution in [3.05, 3.63) is 28.8 Å². The topological polar surface area (TPSA) is 46.2 Å². The van der Waals surface area contributed by atoms with Crippen molar-refractivity contribution in [1.82, 2.24) is 0 Å². The van der Waals surface area contributed by atoms with Gasteiger partial charge in [-0.25, -0.2) is 0 Å². The molecular weight excluding hydrogens is 198 g/mol. The number of benzene rings is 1. The Labute approximate surface area is 89.7 Å². The molecule has 2 nitrogen and oxygen atoms in total. The zero-order valence-corrected chi connectivity index (χ0v) is 9.25. The van der Waals surface area contributed by atoms with E-state index in [1.54, 1.807) is 12.1 Å². The van der Waals surface area contributed by atoms with E-state index in [1.807, 2.05) is 6.07 Å². The molecule has 0 bridgehead atoms. The molecule has 0 aromatic heterocycles. The first-order valence-electron chi connectivity index (χ1n) is 4.75. The van der Waals surface area contributed by atoms with Gasteiger partial charge in [0.1, 0.15) is 5.75 Å². The Morgan fingerprint density at radius 1 is 1.43 bits per heavy atom. The Balaban J connectivity index is 2.89. The van der Waals surface area contributed by atoms with Gasteiger partial charge in [-0.3, -0.25) is 0 Å². The van der Waals surface area contributed by atoms with Gasteiger partial charge in [-0.15, -0.1) is 0 Å². The maximum absolute atomic E-state index is 9.67. The monoisotopic (exact) mass is 213 g/mol. The second kappa shape index (κ2) is 4.67. The van der Waals surface area contributed by atoms with Crippen LogP contribution in [-0.2, 0) is 0 Å². The van der Waals surface area contributed by atoms with Crippen LogP contribution in [-0.4, -0.2) is 5.11 Å². The predicted octanol–water partition coefficient (Wildman–Crippen LogP) is 3.09. The largest absolute Gasteiger partial charge is 0.506 e. The molecule has 1 aromatic carbocycles. The van der Waals surface area contributed by atoms with Gasteiger partial charge in [0.05, 0.1) is 5.02 Å². The summed E-state index contributed by atoms with van der Waals surface area (Å²) in [5, 5.41) is 10.0. The number of hydrogen-bond donors (Lipinski definition) is 2. The minimum Gasteiger partial charge on any atom is -0.506 e. The minimum absolute atomic E-state index is 0.113. The van der Waals surface area contributed by atoms with Gasteiger partial charge >= 0.3 is 0 Å². The molecule has 3 heteroatoms. The lowest BCUT2D eigenvalue weighted by molar-refractivity contribution is 0.445. The maximum Gasteiger partial charge on any atom is 0.138 e. The zero-order chi connectivity index (χ0) is 10.7. The van der Waals surface area contributed by atoms with Crippen molar-refractivity contribution in [3.63, 3.8) is 0 Å². The number of aromatic hydroxyl groups is 1. The number of nitrogens with two attached hydrogens (primary N) is 1. The van der Waals surface area contributed by atoms with Gasteiger partial charge in [-0.05, 0) is 18.4 Å². The molecular formula is C11H16ClNO. The Morgan fingerprint density at radius 2 is 2.07 bits per heavy atom. The first kappa shape index (κ1) is 11.3. The van der Waals surface area contributed by atoms with Gasteiger partial charge in [0.15, 0.2) is 0 Å². The predicted molar refractivity (Wildman–Crippen MR) is 59.5 cm³/mol. The third-order valence-electron chi connectivity index (χ3n) is 2.14. The third kappa shape index (κ3) is 2.63. The summed E-state index contributed by atoms with van der Waals surface area (Å²) in [5.41, 5.74) is 6.67. The van der Waals surface area contributed by atoms with Crippen LogP contribution in [0, 0.1) is 5.92 Å². The van der Waals surface area contributed by atoms with Crippen LogP contribution in [0.4, 0.5) is 0 Å². The van der Waals surface area contributed by atoms with E-state index in [4.69, 9.17) is 17.3 Å². The van der Waals surface area contributed by atoms with Crippen LogP contribution in [0.25, 0.3) is 0 Å². The Bertz CT molecular complexity index is 312. The molecule has 1 aromatic rings. The second-order valence-electron chi connectivity index (χ2n) is 3.91. The lowest BCUT2D eigenvalue weighted by atomic mass is 9.97. The van der Waals surface area contributed by atoms with E-state index in [2.05, 4.69) is 13.8 Å². The van der Waals surface area contributed by atoms with Crippen molar-refractivity contribution in [3.8, 4) is 5.75 Å². The highest BCUT2D eigenvalue weighted by molar-refractivity contribution is 6.32. The fourth-order valence-corrected chi connectivity index (χ4v) is 1.65. The molecule has 0 unspecified atom stereocenters. The van der Waals surface area contributed by atoms with E-state index in [0.717, 1.165) is 12.0 Å². The number of phenolic OH excluding ortho intramolecular Hbond substituents is 1. The molecule has 1 rings (SSSR count). The minimum atomic E-state index is -0.145. The average molecular weight is 214 g/mol. The average Bonchev–Trinajstić information content (AvgIpc) is 2.08. The quantitative estimate of drug-likeness (QED) is 0.811. The van der Waals surface area contributed by atoms with Crippen molar-refractivity contribution in [2.24, 2.45) is 11.7 Å². The molecule has 0 saturated carbocycles. The highest BCUT2D eigenvalue weighted by Crippen LogP contribution is 2.32. The fraction of sp³-hybridized carbons (Fsp3) is 0.455. The maximum atomic E-state index is 9.67. The second-order valence-corrected chi connectivity index (χ2v) is 4.32. The molecule has 3 N–H and O–H groups in total.